The Hall–Kier alpha value is -9.11. The molecule has 0 N–H and O–H groups in total. The number of para-hydroxylation sites is 1. The summed E-state index contributed by atoms with van der Waals surface area (Å²) in [4.78, 5) is 2.46. The summed E-state index contributed by atoms with van der Waals surface area (Å²) in [6.45, 7) is 0. The molecule has 12 aromatic carbocycles. The van der Waals surface area contributed by atoms with Crippen molar-refractivity contribution < 1.29 is 4.74 Å². The van der Waals surface area contributed by atoms with Crippen molar-refractivity contribution in [2.45, 2.75) is 0 Å². The van der Waals surface area contributed by atoms with Crippen molar-refractivity contribution in [3.8, 4) is 22.6 Å². The monoisotopic (exact) mass is 1030 g/mol. The lowest BCUT2D eigenvalue weighted by molar-refractivity contribution is 0.487. The third kappa shape index (κ3) is 7.27. The molecule has 2 nitrogen and oxygen atoms in total. The molecule has 5 heteroatoms. The summed E-state index contributed by atoms with van der Waals surface area (Å²) in [6.07, 6.45) is 0. The zero-order valence-corrected chi connectivity index (χ0v) is 45.5. The molecule has 14 rings (SSSR count). The Balaban J connectivity index is 1.02. The molecule has 2 heterocycles. The highest BCUT2D eigenvalue weighted by Crippen LogP contribution is 2.39. The standard InChI is InChI=1S/C72H53NOSi3/c1-7-25-54(26-8-1)55-43-45-56(46-44-55)73(57-47-50-64(51-48-57)75(59-27-9-2-10-28-59,60-29-11-3-12-30-60)61-31-13-4-14-32-61)58-49-52-66-72(53-58)77(67-38-20-19-37-65(67)74-66)70-41-23-21-39-68(70)76(62-33-15-5-16-34-62,63-35-17-6-18-36-63)69-40-22-24-42-71(69)77/h1-53H. The summed E-state index contributed by atoms with van der Waals surface area (Å²) in [5, 5.41) is 16.4. The molecule has 0 unspecified atom stereocenters. The molecule has 0 radical (unpaired) electrons. The predicted molar refractivity (Wildman–Crippen MR) is 331 cm³/mol. The summed E-state index contributed by atoms with van der Waals surface area (Å²) in [5.74, 6) is 1.85. The quantitative estimate of drug-likeness (QED) is 0.100. The minimum absolute atomic E-state index is 0.913. The second kappa shape index (κ2) is 19.2. The van der Waals surface area contributed by atoms with Gasteiger partial charge in [-0.15, -0.1) is 0 Å². The van der Waals surface area contributed by atoms with Crippen LogP contribution < -0.4 is 71.9 Å². The molecule has 2 aliphatic rings. The molecule has 1 spiro atoms. The lowest BCUT2D eigenvalue weighted by Crippen LogP contribution is -2.93. The lowest BCUT2D eigenvalue weighted by Gasteiger charge is -2.50. The van der Waals surface area contributed by atoms with Gasteiger partial charge in [0.05, 0.1) is 0 Å². The number of ether oxygens (including phenoxy) is 1. The van der Waals surface area contributed by atoms with Gasteiger partial charge in [-0.3, -0.25) is 0 Å². The van der Waals surface area contributed by atoms with E-state index in [-0.39, 0.29) is 0 Å². The molecule has 0 aromatic heterocycles. The Kier molecular flexibility index (Phi) is 11.6. The van der Waals surface area contributed by atoms with Crippen LogP contribution in [-0.4, -0.2) is 24.2 Å². The van der Waals surface area contributed by atoms with Crippen molar-refractivity contribution in [3.05, 3.63) is 322 Å². The van der Waals surface area contributed by atoms with E-state index in [2.05, 4.69) is 326 Å². The number of fused-ring (bicyclic) bond motifs is 8. The zero-order chi connectivity index (χ0) is 51.2. The molecule has 0 fully saturated rings. The van der Waals surface area contributed by atoms with Gasteiger partial charge in [0.25, 0.3) is 0 Å². The van der Waals surface area contributed by atoms with Crippen LogP contribution in [0.2, 0.25) is 0 Å². The van der Waals surface area contributed by atoms with E-state index < -0.39 is 24.2 Å². The minimum Gasteiger partial charge on any atom is -0.458 e. The average Bonchev–Trinajstić information content (AvgIpc) is 3.56. The van der Waals surface area contributed by atoms with Crippen LogP contribution in [0.4, 0.5) is 17.1 Å². The number of anilines is 3. The fourth-order valence-corrected chi connectivity index (χ4v) is 30.3. The second-order valence-electron chi connectivity index (χ2n) is 20.2. The summed E-state index contributed by atoms with van der Waals surface area (Å²) in [7, 11) is -8.90. The zero-order valence-electron chi connectivity index (χ0n) is 42.5. The van der Waals surface area contributed by atoms with E-state index in [1.54, 1.807) is 0 Å². The van der Waals surface area contributed by atoms with E-state index in [4.69, 9.17) is 4.74 Å². The Labute approximate surface area is 454 Å². The Morgan fingerprint density at radius 2 is 0.584 bits per heavy atom. The maximum absolute atomic E-state index is 7.18. The van der Waals surface area contributed by atoms with Crippen LogP contribution in [0.3, 0.4) is 0 Å². The van der Waals surface area contributed by atoms with Crippen LogP contribution in [0, 0.1) is 0 Å². The van der Waals surface area contributed by atoms with Gasteiger partial charge < -0.3 is 9.64 Å². The average molecular weight is 1030 g/mol. The number of rotatable bonds is 10. The SMILES string of the molecule is c1ccc(-c2ccc(N(c3ccc([Si](c4ccccc4)(c4ccccc4)c4ccccc4)cc3)c3ccc4c(c3)[Si]3(c5ccccc5O4)c4ccccc4[Si](c4ccccc4)(c4ccccc4)c4ccccc43)cc2)cc1. The Morgan fingerprint density at radius 3 is 1.06 bits per heavy atom. The Bertz CT molecular complexity index is 3860. The number of nitrogens with zero attached hydrogens (tertiary/aromatic N) is 1. The third-order valence-electron chi connectivity index (χ3n) is 16.4. The van der Waals surface area contributed by atoms with Gasteiger partial charge in [-0.1, -0.05) is 273 Å². The van der Waals surface area contributed by atoms with Crippen LogP contribution in [0.5, 0.6) is 11.5 Å². The van der Waals surface area contributed by atoms with Crippen molar-refractivity contribution in [1.29, 1.82) is 0 Å². The van der Waals surface area contributed by atoms with Crippen LogP contribution >= 0.6 is 0 Å². The summed E-state index contributed by atoms with van der Waals surface area (Å²) in [6, 6.07) is 121. The van der Waals surface area contributed by atoms with E-state index >= 15 is 0 Å². The summed E-state index contributed by atoms with van der Waals surface area (Å²) in [5.41, 5.74) is 5.60. The topological polar surface area (TPSA) is 12.5 Å². The molecule has 0 aliphatic carbocycles. The summed E-state index contributed by atoms with van der Waals surface area (Å²) < 4.78 is 7.18. The first kappa shape index (κ1) is 46.4. The largest absolute Gasteiger partial charge is 0.458 e. The van der Waals surface area contributed by atoms with Gasteiger partial charge in [0, 0.05) is 17.1 Å². The highest BCUT2D eigenvalue weighted by atomic mass is 28.3. The normalized spacial score (nSPS) is 13.5. The van der Waals surface area contributed by atoms with Crippen LogP contribution in [0.25, 0.3) is 11.1 Å². The van der Waals surface area contributed by atoms with E-state index in [0.717, 1.165) is 28.6 Å². The molecule has 0 atom stereocenters. The fourth-order valence-electron chi connectivity index (χ4n) is 13.3. The van der Waals surface area contributed by atoms with Gasteiger partial charge >= 0.3 is 0 Å². The van der Waals surface area contributed by atoms with Crippen molar-refractivity contribution in [2.75, 3.05) is 4.90 Å². The smallest absolute Gasteiger partial charge is 0.188 e. The van der Waals surface area contributed by atoms with E-state index in [1.807, 2.05) is 0 Å². The van der Waals surface area contributed by atoms with Gasteiger partial charge in [0.2, 0.25) is 0 Å². The second-order valence-corrected chi connectivity index (χ2v) is 31.4. The van der Waals surface area contributed by atoms with E-state index in [1.165, 1.54) is 73.4 Å². The van der Waals surface area contributed by atoms with Crippen molar-refractivity contribution >= 4 is 104 Å². The fraction of sp³-hybridized carbons (Fsp3) is 0. The van der Waals surface area contributed by atoms with Gasteiger partial charge in [0.15, 0.2) is 24.2 Å². The molecular formula is C72H53NOSi3. The number of hydrogen-bond donors (Lipinski definition) is 0. The van der Waals surface area contributed by atoms with Gasteiger partial charge in [0.1, 0.15) is 11.5 Å². The molecule has 364 valence electrons. The maximum atomic E-state index is 7.18. The highest BCUT2D eigenvalue weighted by Gasteiger charge is 2.59. The van der Waals surface area contributed by atoms with Crippen LogP contribution in [0.1, 0.15) is 0 Å². The highest BCUT2D eigenvalue weighted by molar-refractivity contribution is 7.33. The van der Waals surface area contributed by atoms with Gasteiger partial charge in [-0.05, 0) is 122 Å². The molecule has 0 amide bonds. The molecule has 2 aliphatic heterocycles. The van der Waals surface area contributed by atoms with Crippen LogP contribution in [-0.2, 0) is 0 Å². The minimum atomic E-state index is -3.20. The summed E-state index contributed by atoms with van der Waals surface area (Å²) >= 11 is 0. The first-order valence-electron chi connectivity index (χ1n) is 26.7. The third-order valence-corrected chi connectivity index (χ3v) is 31.5. The lowest BCUT2D eigenvalue weighted by atomic mass is 10.0. The Morgan fingerprint density at radius 1 is 0.247 bits per heavy atom. The first-order valence-corrected chi connectivity index (χ1v) is 32.7. The van der Waals surface area contributed by atoms with Gasteiger partial charge in [-0.25, -0.2) is 0 Å². The number of benzene rings is 12. The maximum Gasteiger partial charge on any atom is 0.188 e. The molecule has 0 bridgehead atoms. The predicted octanol–water partition coefficient (Wildman–Crippen LogP) is 9.37. The molecule has 77 heavy (non-hydrogen) atoms. The van der Waals surface area contributed by atoms with Crippen molar-refractivity contribution in [3.63, 3.8) is 0 Å². The first-order chi connectivity index (χ1) is 38.2. The van der Waals surface area contributed by atoms with Crippen molar-refractivity contribution in [2.24, 2.45) is 0 Å². The molecule has 0 saturated heterocycles. The van der Waals surface area contributed by atoms with Gasteiger partial charge in [-0.2, -0.15) is 0 Å². The molecule has 0 saturated carbocycles. The van der Waals surface area contributed by atoms with E-state index in [9.17, 15) is 0 Å². The number of hydrogen-bond acceptors (Lipinski definition) is 2. The van der Waals surface area contributed by atoms with Crippen LogP contribution in [0.15, 0.2) is 322 Å². The van der Waals surface area contributed by atoms with Crippen molar-refractivity contribution in [1.82, 2.24) is 0 Å². The van der Waals surface area contributed by atoms with E-state index in [0.29, 0.717) is 0 Å². The molecule has 12 aromatic rings. The molecular weight excluding hydrogens is 979 g/mol.